The van der Waals surface area contributed by atoms with Gasteiger partial charge in [0.1, 0.15) is 17.5 Å². The van der Waals surface area contributed by atoms with Gasteiger partial charge in [-0.2, -0.15) is 13.2 Å². The van der Waals surface area contributed by atoms with Crippen molar-refractivity contribution in [1.82, 2.24) is 0 Å². The molecular weight excluding hydrogens is 316 g/mol. The fraction of sp³-hybridized carbons (Fsp3) is 0.462. The summed E-state index contributed by atoms with van der Waals surface area (Å²) in [6, 6.07) is 2.16. The number of hydrogen-bond acceptors (Lipinski definition) is 4. The van der Waals surface area contributed by atoms with E-state index in [1.165, 1.54) is 12.1 Å². The largest absolute Gasteiger partial charge is 0.529 e. The lowest BCUT2D eigenvalue weighted by Crippen LogP contribution is -2.58. The van der Waals surface area contributed by atoms with Crippen LogP contribution >= 0.6 is 11.6 Å². The number of carboxylic acid groups (broad SMARTS) is 1. The van der Waals surface area contributed by atoms with E-state index in [1.807, 2.05) is 0 Å². The molecule has 3 N–H and O–H groups in total. The smallest absolute Gasteiger partial charge is 0.435 e. The Balaban J connectivity index is 2.72. The molecule has 2 atom stereocenters. The number of halogens is 1. The molecule has 0 bridgehead atoms. The molecule has 0 aliphatic carbocycles. The number of sulfonamides is 1. The summed E-state index contributed by atoms with van der Waals surface area (Å²) in [6.45, 7) is 3.36. The molecule has 8 heteroatoms. The zero-order chi connectivity index (χ0) is 16.0. The second kappa shape index (κ2) is 5.15. The summed E-state index contributed by atoms with van der Waals surface area (Å²) < 4.78 is 24.9. The van der Waals surface area contributed by atoms with E-state index in [4.69, 9.17) is 17.3 Å². The molecule has 1 unspecified atom stereocenters. The van der Waals surface area contributed by atoms with Crippen LogP contribution in [0.3, 0.4) is 0 Å². The van der Waals surface area contributed by atoms with E-state index < -0.39 is 26.0 Å². The fourth-order valence-electron chi connectivity index (χ4n) is 2.88. The molecule has 116 valence electrons. The molecule has 21 heavy (non-hydrogen) atoms. The Labute approximate surface area is 128 Å². The Kier molecular flexibility index (Phi) is 3.94. The lowest BCUT2D eigenvalue weighted by Gasteiger charge is -2.31. The zero-order valence-corrected chi connectivity index (χ0v) is 13.4. The monoisotopic (exact) mass is 333 g/mol. The molecule has 0 spiro atoms. The maximum Gasteiger partial charge on any atom is 0.529 e. The van der Waals surface area contributed by atoms with Crippen molar-refractivity contribution in [2.45, 2.75) is 37.6 Å². The Hall–Kier alpha value is -1.31. The lowest BCUT2D eigenvalue weighted by atomic mass is 10.2. The second-order valence-corrected chi connectivity index (χ2v) is 7.86. The Morgan fingerprint density at radius 3 is 2.57 bits per heavy atom. The van der Waals surface area contributed by atoms with Crippen LogP contribution in [0.25, 0.3) is 0 Å². The molecular formula is C13H18ClN2O4S+. The first-order valence-corrected chi connectivity index (χ1v) is 8.38. The van der Waals surface area contributed by atoms with Gasteiger partial charge in [0.25, 0.3) is 0 Å². The summed E-state index contributed by atoms with van der Waals surface area (Å²) in [4.78, 5) is 11.5. The topological polar surface area (TPSA) is 97.5 Å². The van der Waals surface area contributed by atoms with Gasteiger partial charge >= 0.3 is 16.1 Å². The number of nitrogen functional groups attached to an aromatic ring is 1. The number of hydrogen-bond donors (Lipinski definition) is 2. The van der Waals surface area contributed by atoms with Gasteiger partial charge in [-0.05, 0) is 31.5 Å². The predicted octanol–water partition coefficient (Wildman–Crippen LogP) is 2.60. The van der Waals surface area contributed by atoms with Crippen LogP contribution in [-0.2, 0) is 10.0 Å². The van der Waals surface area contributed by atoms with E-state index >= 15 is 0 Å². The number of amides is 1. The first-order valence-electron chi connectivity index (χ1n) is 6.56. The zero-order valence-electron chi connectivity index (χ0n) is 11.8. The Morgan fingerprint density at radius 2 is 2.10 bits per heavy atom. The van der Waals surface area contributed by atoms with Crippen molar-refractivity contribution in [3.63, 3.8) is 0 Å². The predicted molar refractivity (Wildman–Crippen MR) is 79.6 cm³/mol. The highest BCUT2D eigenvalue weighted by molar-refractivity contribution is 7.86. The fourth-order valence-corrected chi connectivity index (χ4v) is 5.24. The maximum atomic E-state index is 12.9. The Bertz CT molecular complexity index is 704. The van der Waals surface area contributed by atoms with Crippen molar-refractivity contribution >= 4 is 33.4 Å². The van der Waals surface area contributed by atoms with E-state index in [9.17, 15) is 18.3 Å². The number of benzene rings is 1. The minimum atomic E-state index is -4.19. The van der Waals surface area contributed by atoms with Crippen molar-refractivity contribution in [2.24, 2.45) is 0 Å². The number of anilines is 1. The van der Waals surface area contributed by atoms with Crippen molar-refractivity contribution in [2.75, 3.05) is 12.3 Å². The Morgan fingerprint density at radius 1 is 1.48 bits per heavy atom. The molecule has 1 fully saturated rings. The summed E-state index contributed by atoms with van der Waals surface area (Å²) in [6.07, 6.45) is -0.312. The summed E-state index contributed by atoms with van der Waals surface area (Å²) in [5.74, 6) is 0. The van der Waals surface area contributed by atoms with E-state index in [0.717, 1.165) is 0 Å². The third-order valence-corrected chi connectivity index (χ3v) is 7.02. The summed E-state index contributed by atoms with van der Waals surface area (Å²) in [5, 5.41) is 9.81. The molecule has 1 amide bonds. The first-order chi connectivity index (χ1) is 9.64. The molecule has 1 heterocycles. The third-order valence-electron chi connectivity index (χ3n) is 4.15. The van der Waals surface area contributed by atoms with Crippen LogP contribution in [0.1, 0.15) is 25.3 Å². The average molecular weight is 334 g/mol. The highest BCUT2D eigenvalue weighted by Crippen LogP contribution is 2.38. The van der Waals surface area contributed by atoms with Gasteiger partial charge in [-0.1, -0.05) is 11.6 Å². The van der Waals surface area contributed by atoms with Crippen molar-refractivity contribution in [3.05, 3.63) is 22.7 Å². The van der Waals surface area contributed by atoms with Gasteiger partial charge in [-0.25, -0.2) is 0 Å². The number of quaternary nitrogens is 1. The van der Waals surface area contributed by atoms with Crippen molar-refractivity contribution in [3.8, 4) is 0 Å². The van der Waals surface area contributed by atoms with Gasteiger partial charge in [-0.3, -0.25) is 0 Å². The molecule has 0 aromatic heterocycles. The van der Waals surface area contributed by atoms with Gasteiger partial charge in [-0.15, -0.1) is 3.89 Å². The molecule has 1 saturated heterocycles. The summed E-state index contributed by atoms with van der Waals surface area (Å²) >= 11 is 5.99. The molecule has 1 aliphatic rings. The van der Waals surface area contributed by atoms with E-state index in [-0.39, 0.29) is 22.2 Å². The van der Waals surface area contributed by atoms with Crippen LogP contribution in [0.4, 0.5) is 10.5 Å². The lowest BCUT2D eigenvalue weighted by molar-refractivity contribution is -0.741. The van der Waals surface area contributed by atoms with Crippen LogP contribution in [0.15, 0.2) is 17.0 Å². The van der Waals surface area contributed by atoms with Gasteiger partial charge in [0.05, 0.1) is 5.69 Å². The second-order valence-electron chi connectivity index (χ2n) is 5.41. The van der Waals surface area contributed by atoms with E-state index in [0.29, 0.717) is 18.4 Å². The SMILES string of the molecule is Cc1cc(N)c(S(=O)(=O)[N+]2(C(=O)O)CCC[C@H]2C)cc1Cl. The van der Waals surface area contributed by atoms with Crippen LogP contribution in [0.2, 0.25) is 5.02 Å². The number of nitrogens with two attached hydrogens (primary N) is 1. The molecule has 0 saturated carbocycles. The molecule has 6 nitrogen and oxygen atoms in total. The average Bonchev–Trinajstić information content (AvgIpc) is 2.77. The van der Waals surface area contributed by atoms with Crippen LogP contribution in [0, 0.1) is 6.92 Å². The van der Waals surface area contributed by atoms with Crippen LogP contribution in [-0.4, -0.2) is 36.1 Å². The standard InChI is InChI=1S/C13H17ClN2O4S/c1-8-6-11(15)12(7-10(8)14)21(19,20)16(13(17)18)5-3-4-9(16)2/h6-7,9H,3-5,15H2,1-2H3/p+1/t9-,16?/m1/s1. The normalized spacial score (nSPS) is 26.0. The maximum absolute atomic E-state index is 12.9. The van der Waals surface area contributed by atoms with Gasteiger partial charge < -0.3 is 10.8 Å². The third kappa shape index (κ3) is 2.20. The van der Waals surface area contributed by atoms with E-state index in [1.54, 1.807) is 13.8 Å². The minimum absolute atomic E-state index is 0.0229. The van der Waals surface area contributed by atoms with Crippen LogP contribution < -0.4 is 5.73 Å². The van der Waals surface area contributed by atoms with Gasteiger partial charge in [0.15, 0.2) is 0 Å². The molecule has 2 rings (SSSR count). The molecule has 1 aromatic rings. The minimum Gasteiger partial charge on any atom is -0.435 e. The van der Waals surface area contributed by atoms with Crippen LogP contribution in [0.5, 0.6) is 0 Å². The number of aryl methyl sites for hydroxylation is 1. The number of rotatable bonds is 2. The molecule has 0 radical (unpaired) electrons. The van der Waals surface area contributed by atoms with Gasteiger partial charge in [0, 0.05) is 17.9 Å². The van der Waals surface area contributed by atoms with Crippen molar-refractivity contribution in [1.29, 1.82) is 0 Å². The number of nitrogens with zero attached hydrogens (tertiary/aromatic N) is 1. The van der Waals surface area contributed by atoms with Crippen molar-refractivity contribution < 1.29 is 22.2 Å². The number of likely N-dealkylation sites (tertiary alicyclic amines) is 1. The van der Waals surface area contributed by atoms with E-state index in [2.05, 4.69) is 0 Å². The summed E-state index contributed by atoms with van der Waals surface area (Å²) in [5.41, 5.74) is 6.47. The van der Waals surface area contributed by atoms with Gasteiger partial charge in [0.2, 0.25) is 0 Å². The number of carbonyl (C=O) groups is 1. The molecule has 1 aromatic carbocycles. The highest BCUT2D eigenvalue weighted by Gasteiger charge is 2.58. The highest BCUT2D eigenvalue weighted by atomic mass is 35.5. The molecule has 1 aliphatic heterocycles. The first kappa shape index (κ1) is 16.1. The quantitative estimate of drug-likeness (QED) is 0.640. The summed E-state index contributed by atoms with van der Waals surface area (Å²) in [7, 11) is -4.19.